The summed E-state index contributed by atoms with van der Waals surface area (Å²) in [6, 6.07) is 0. The van der Waals surface area contributed by atoms with Gasteiger partial charge in [-0.3, -0.25) is 4.84 Å². The lowest BCUT2D eigenvalue weighted by molar-refractivity contribution is 0.0456. The molecule has 92 valence electrons. The van der Waals surface area contributed by atoms with Gasteiger partial charge in [-0.05, 0) is 13.8 Å². The van der Waals surface area contributed by atoms with Gasteiger partial charge in [0.1, 0.15) is 10.7 Å². The maximum atomic E-state index is 11.3. The van der Waals surface area contributed by atoms with Crippen molar-refractivity contribution in [3.8, 4) is 0 Å². The minimum Gasteiger partial charge on any atom is -0.298 e. The summed E-state index contributed by atoms with van der Waals surface area (Å²) in [7, 11) is -0.285. The zero-order chi connectivity index (χ0) is 12.3. The lowest BCUT2D eigenvalue weighted by Crippen LogP contribution is -2.42. The van der Waals surface area contributed by atoms with Crippen molar-refractivity contribution in [1.29, 1.82) is 0 Å². The van der Waals surface area contributed by atoms with Gasteiger partial charge in [-0.1, -0.05) is 35.4 Å². The molecule has 0 aromatic rings. The van der Waals surface area contributed by atoms with Gasteiger partial charge in [0.25, 0.3) is 0 Å². The van der Waals surface area contributed by atoms with Gasteiger partial charge in [0.2, 0.25) is 0 Å². The molecule has 0 aromatic carbocycles. The van der Waals surface area contributed by atoms with Gasteiger partial charge in [0.15, 0.2) is 9.84 Å². The van der Waals surface area contributed by atoms with Gasteiger partial charge in [-0.25, -0.2) is 14.3 Å². The SMILES string of the molecule is CC.CC1(C)SSC(S(C)(=O)=O)C1ON. The van der Waals surface area contributed by atoms with E-state index >= 15 is 0 Å². The van der Waals surface area contributed by atoms with Crippen molar-refractivity contribution in [2.24, 2.45) is 5.90 Å². The van der Waals surface area contributed by atoms with Crippen LogP contribution in [0.5, 0.6) is 0 Å². The molecule has 2 atom stereocenters. The average Bonchev–Trinajstić information content (AvgIpc) is 2.43. The second-order valence-electron chi connectivity index (χ2n) is 3.54. The summed E-state index contributed by atoms with van der Waals surface area (Å²) in [5, 5.41) is 0. The van der Waals surface area contributed by atoms with E-state index in [1.165, 1.54) is 27.8 Å². The lowest BCUT2D eigenvalue weighted by atomic mass is 10.1. The Hall–Kier alpha value is 0.570. The van der Waals surface area contributed by atoms with Gasteiger partial charge in [0, 0.05) is 6.26 Å². The molecule has 0 saturated carbocycles. The first-order valence-electron chi connectivity index (χ1n) is 4.68. The van der Waals surface area contributed by atoms with Crippen molar-refractivity contribution in [1.82, 2.24) is 0 Å². The third-order valence-electron chi connectivity index (χ3n) is 1.86. The Kier molecular flexibility index (Phi) is 5.99. The molecule has 1 fully saturated rings. The normalized spacial score (nSPS) is 29.5. The molecule has 1 aliphatic rings. The molecule has 0 spiro atoms. The molecule has 15 heavy (non-hydrogen) atoms. The minimum atomic E-state index is -3.10. The second kappa shape index (κ2) is 5.77. The van der Waals surface area contributed by atoms with E-state index < -0.39 is 20.5 Å². The summed E-state index contributed by atoms with van der Waals surface area (Å²) in [6.45, 7) is 7.85. The fraction of sp³-hybridized carbons (Fsp3) is 1.00. The fourth-order valence-corrected chi connectivity index (χ4v) is 7.11. The van der Waals surface area contributed by atoms with Crippen LogP contribution in [0.3, 0.4) is 0 Å². The van der Waals surface area contributed by atoms with Crippen LogP contribution >= 0.6 is 21.6 Å². The van der Waals surface area contributed by atoms with E-state index in [1.54, 1.807) is 0 Å². The van der Waals surface area contributed by atoms with Crippen LogP contribution in [0.2, 0.25) is 0 Å². The Morgan fingerprint density at radius 3 is 2.07 bits per heavy atom. The highest BCUT2D eigenvalue weighted by Crippen LogP contribution is 2.53. The molecule has 0 bridgehead atoms. The van der Waals surface area contributed by atoms with Crippen LogP contribution < -0.4 is 5.90 Å². The van der Waals surface area contributed by atoms with Crippen LogP contribution in [-0.2, 0) is 14.7 Å². The standard InChI is InChI=1S/C6H13NO3S3.C2H6/c1-6(2)4(10-7)5(11-12-6)13(3,8)9;1-2/h4-5H,7H2,1-3H3;1-2H3. The first-order chi connectivity index (χ1) is 6.79. The number of nitrogens with two attached hydrogens (primary N) is 1. The zero-order valence-electron chi connectivity index (χ0n) is 9.68. The predicted octanol–water partition coefficient (Wildman–Crippen LogP) is 1.82. The molecule has 4 nitrogen and oxygen atoms in total. The molecular weight excluding hydrogens is 254 g/mol. The van der Waals surface area contributed by atoms with Crippen LogP contribution in [0, 0.1) is 0 Å². The Labute approximate surface area is 100.0 Å². The first-order valence-corrected chi connectivity index (χ1v) is 8.84. The third-order valence-corrected chi connectivity index (χ3v) is 8.05. The first kappa shape index (κ1) is 15.6. The molecule has 7 heteroatoms. The second-order valence-corrected chi connectivity index (χ2v) is 9.00. The minimum absolute atomic E-state index is 0.257. The molecular formula is C8H19NO3S3. The highest BCUT2D eigenvalue weighted by Gasteiger charge is 2.49. The van der Waals surface area contributed by atoms with E-state index in [-0.39, 0.29) is 4.75 Å². The topological polar surface area (TPSA) is 69.4 Å². The van der Waals surface area contributed by atoms with E-state index in [2.05, 4.69) is 0 Å². The molecule has 2 unspecified atom stereocenters. The van der Waals surface area contributed by atoms with Crippen LogP contribution in [0.4, 0.5) is 0 Å². The van der Waals surface area contributed by atoms with Crippen molar-refractivity contribution in [3.63, 3.8) is 0 Å². The molecule has 0 aliphatic carbocycles. The highest BCUT2D eigenvalue weighted by molar-refractivity contribution is 8.79. The van der Waals surface area contributed by atoms with Gasteiger partial charge < -0.3 is 0 Å². The third kappa shape index (κ3) is 3.81. The summed E-state index contributed by atoms with van der Waals surface area (Å²) in [5.41, 5.74) is 0. The van der Waals surface area contributed by atoms with E-state index in [9.17, 15) is 8.42 Å². The highest BCUT2D eigenvalue weighted by atomic mass is 33.1. The van der Waals surface area contributed by atoms with Gasteiger partial charge in [0.05, 0.1) is 4.75 Å². The summed E-state index contributed by atoms with van der Waals surface area (Å²) in [6.07, 6.45) is 0.760. The van der Waals surface area contributed by atoms with E-state index in [1.807, 2.05) is 27.7 Å². The average molecular weight is 273 g/mol. The molecule has 0 amide bonds. The van der Waals surface area contributed by atoms with Crippen molar-refractivity contribution < 1.29 is 13.3 Å². The van der Waals surface area contributed by atoms with Crippen LogP contribution in [0.1, 0.15) is 27.7 Å². The van der Waals surface area contributed by atoms with Gasteiger partial charge in [-0.2, -0.15) is 0 Å². The fourth-order valence-electron chi connectivity index (χ4n) is 1.12. The number of hydrogen-bond donors (Lipinski definition) is 1. The van der Waals surface area contributed by atoms with Crippen LogP contribution in [0.25, 0.3) is 0 Å². The maximum absolute atomic E-state index is 11.3. The van der Waals surface area contributed by atoms with E-state index in [0.29, 0.717) is 0 Å². The van der Waals surface area contributed by atoms with Crippen LogP contribution in [-0.4, -0.2) is 30.1 Å². The van der Waals surface area contributed by atoms with Crippen LogP contribution in [0.15, 0.2) is 0 Å². The molecule has 0 radical (unpaired) electrons. The smallest absolute Gasteiger partial charge is 0.163 e. The number of hydrogen-bond acceptors (Lipinski definition) is 6. The van der Waals surface area contributed by atoms with E-state index in [4.69, 9.17) is 10.7 Å². The molecule has 1 rings (SSSR count). The summed E-state index contributed by atoms with van der Waals surface area (Å²) in [5.74, 6) is 5.11. The van der Waals surface area contributed by atoms with Gasteiger partial charge in [-0.15, -0.1) is 0 Å². The van der Waals surface area contributed by atoms with Crippen molar-refractivity contribution in [3.05, 3.63) is 0 Å². The van der Waals surface area contributed by atoms with Crippen molar-refractivity contribution >= 4 is 31.4 Å². The number of sulfone groups is 1. The summed E-state index contributed by atoms with van der Waals surface area (Å²) in [4.78, 5) is 4.74. The Morgan fingerprint density at radius 2 is 1.80 bits per heavy atom. The zero-order valence-corrected chi connectivity index (χ0v) is 12.1. The Morgan fingerprint density at radius 1 is 1.33 bits per heavy atom. The Balaban J connectivity index is 0.000000921. The van der Waals surface area contributed by atoms with Crippen molar-refractivity contribution in [2.45, 2.75) is 43.1 Å². The van der Waals surface area contributed by atoms with Gasteiger partial charge >= 0.3 is 0 Å². The van der Waals surface area contributed by atoms with E-state index in [0.717, 1.165) is 0 Å². The monoisotopic (exact) mass is 273 g/mol. The Bertz CT molecular complexity index is 290. The summed E-state index contributed by atoms with van der Waals surface area (Å²) < 4.78 is 21.8. The molecule has 0 aromatic heterocycles. The predicted molar refractivity (Wildman–Crippen MR) is 68.3 cm³/mol. The number of rotatable bonds is 2. The van der Waals surface area contributed by atoms with Crippen molar-refractivity contribution in [2.75, 3.05) is 6.26 Å². The summed E-state index contributed by atoms with van der Waals surface area (Å²) >= 11 is 0. The maximum Gasteiger partial charge on any atom is 0.163 e. The molecule has 1 heterocycles. The quantitative estimate of drug-likeness (QED) is 0.611. The lowest BCUT2D eigenvalue weighted by Gasteiger charge is -2.24. The largest absolute Gasteiger partial charge is 0.298 e. The molecule has 1 saturated heterocycles. The molecule has 1 aliphatic heterocycles. The molecule has 2 N–H and O–H groups in total.